The fourth-order valence-electron chi connectivity index (χ4n) is 9.11. The summed E-state index contributed by atoms with van der Waals surface area (Å²) in [5.41, 5.74) is 11.9. The van der Waals surface area contributed by atoms with Gasteiger partial charge in [0.25, 0.3) is 11.8 Å². The van der Waals surface area contributed by atoms with Crippen molar-refractivity contribution in [3.63, 3.8) is 0 Å². The van der Waals surface area contributed by atoms with Gasteiger partial charge >= 0.3 is 5.97 Å². The van der Waals surface area contributed by atoms with E-state index in [1.165, 1.54) is 27.4 Å². The first kappa shape index (κ1) is 53.8. The molecule has 1 amide bonds. The largest absolute Gasteiger partial charge is 0.477 e. The average molecular weight is 1010 g/mol. The van der Waals surface area contributed by atoms with Crippen molar-refractivity contribution < 1.29 is 62.1 Å². The number of furan rings is 3. The van der Waals surface area contributed by atoms with Crippen LogP contribution in [0.2, 0.25) is 0 Å². The fourth-order valence-corrected chi connectivity index (χ4v) is 9.11. The SMILES string of the molecule is COOc1cc(-c2oc(C)c(C(=O)NCCCCN)c2C)cc(CN2CCN(Cc3cc(-c4oc(C)c(OOC)c4C)cc(C=O)n3)CCN(Cc3cc(-c4oc(C)c(OOC)c4C)cc(C(=O)O)n3)CC2)n1. The third kappa shape index (κ3) is 13.0. The second-order valence-corrected chi connectivity index (χ2v) is 17.8. The van der Waals surface area contributed by atoms with Gasteiger partial charge in [-0.15, -0.1) is 0 Å². The Kier molecular flexibility index (Phi) is 18.2. The average Bonchev–Trinajstić information content (AvgIpc) is 3.97. The van der Waals surface area contributed by atoms with Crippen molar-refractivity contribution in [3.05, 3.63) is 104 Å². The van der Waals surface area contributed by atoms with Gasteiger partial charge in [-0.25, -0.2) is 19.7 Å². The lowest BCUT2D eigenvalue weighted by molar-refractivity contribution is -0.181. The molecule has 0 spiro atoms. The van der Waals surface area contributed by atoms with E-state index < -0.39 is 5.97 Å². The van der Waals surface area contributed by atoms with E-state index in [4.69, 9.17) is 58.3 Å². The fraction of sp³-hybridized carbons (Fsp3) is 0.423. The molecule has 21 heteroatoms. The number of aromatic carboxylic acids is 1. The summed E-state index contributed by atoms with van der Waals surface area (Å²) in [6.07, 6.45) is 2.28. The Labute approximate surface area is 423 Å². The zero-order valence-electron chi connectivity index (χ0n) is 42.8. The Hall–Kier alpha value is -6.98. The van der Waals surface area contributed by atoms with Crippen LogP contribution in [0.25, 0.3) is 34.0 Å². The first-order valence-corrected chi connectivity index (χ1v) is 23.9. The normalized spacial score (nSPS) is 13.9. The Morgan fingerprint density at radius 1 is 0.630 bits per heavy atom. The maximum Gasteiger partial charge on any atom is 0.354 e. The first-order valence-electron chi connectivity index (χ1n) is 23.9. The number of rotatable bonds is 22. The van der Waals surface area contributed by atoms with Gasteiger partial charge in [0, 0.05) is 105 Å². The van der Waals surface area contributed by atoms with Crippen molar-refractivity contribution in [3.8, 4) is 51.4 Å². The maximum absolute atomic E-state index is 13.4. The molecule has 390 valence electrons. The summed E-state index contributed by atoms with van der Waals surface area (Å²) in [6, 6.07) is 10.5. The molecule has 0 atom stereocenters. The van der Waals surface area contributed by atoms with Gasteiger partial charge in [0.2, 0.25) is 11.5 Å². The highest BCUT2D eigenvalue weighted by atomic mass is 17.2. The summed E-state index contributed by atoms with van der Waals surface area (Å²) in [4.78, 5) is 90.3. The van der Waals surface area contributed by atoms with Crippen LogP contribution in [0.4, 0.5) is 0 Å². The zero-order valence-corrected chi connectivity index (χ0v) is 42.8. The standard InChI is InChI=1S/C52H64N8O13/c1-30-45(51(62)54-13-11-10-12-53)33(4)68-48(30)38-22-41(57-44(25-38)71-65-7)28-60-18-15-58(26-39-20-36(23-42(29-61)55-39)49-31(2)46(72-66-8)34(5)69-49)14-16-59(17-19-60)27-40-21-37(24-43(56-40)52(63)64)50-32(3)47(73-67-9)35(6)70-50/h20-25,29H,10-19,26-28,53H2,1-9H3,(H,54,62)(H,63,64). The lowest BCUT2D eigenvalue weighted by atomic mass is 10.0. The molecule has 1 saturated heterocycles. The van der Waals surface area contributed by atoms with Crippen LogP contribution < -0.4 is 25.7 Å². The molecule has 1 aliphatic heterocycles. The summed E-state index contributed by atoms with van der Waals surface area (Å²) in [5.74, 6) is 2.59. The van der Waals surface area contributed by atoms with E-state index >= 15 is 0 Å². The molecule has 0 aliphatic carbocycles. The van der Waals surface area contributed by atoms with E-state index in [0.717, 1.165) is 12.8 Å². The lowest BCUT2D eigenvalue weighted by Gasteiger charge is -2.25. The monoisotopic (exact) mass is 1010 g/mol. The van der Waals surface area contributed by atoms with E-state index in [1.807, 2.05) is 39.0 Å². The summed E-state index contributed by atoms with van der Waals surface area (Å²) < 4.78 is 18.5. The van der Waals surface area contributed by atoms with Crippen molar-refractivity contribution in [2.45, 2.75) is 74.0 Å². The van der Waals surface area contributed by atoms with Gasteiger partial charge in [0.05, 0.1) is 44.0 Å². The van der Waals surface area contributed by atoms with Crippen molar-refractivity contribution in [1.82, 2.24) is 35.0 Å². The number of nitrogens with one attached hydrogen (secondary N) is 1. The number of unbranched alkanes of at least 4 members (excludes halogenated alkanes) is 1. The Morgan fingerprint density at radius 3 is 1.59 bits per heavy atom. The summed E-state index contributed by atoms with van der Waals surface area (Å²) >= 11 is 0. The smallest absolute Gasteiger partial charge is 0.354 e. The molecule has 0 unspecified atom stereocenters. The molecule has 6 aromatic heterocycles. The zero-order chi connectivity index (χ0) is 52.3. The molecule has 21 nitrogen and oxygen atoms in total. The van der Waals surface area contributed by atoms with Gasteiger partial charge in [0.15, 0.2) is 6.29 Å². The van der Waals surface area contributed by atoms with E-state index in [2.05, 4.69) is 25.0 Å². The predicted octanol–water partition coefficient (Wildman–Crippen LogP) is 7.12. The molecule has 0 saturated carbocycles. The number of nitrogens with two attached hydrogens (primary N) is 1. The van der Waals surface area contributed by atoms with Crippen LogP contribution in [0, 0.1) is 41.5 Å². The number of pyridine rings is 3. The minimum Gasteiger partial charge on any atom is -0.477 e. The molecule has 0 bridgehead atoms. The summed E-state index contributed by atoms with van der Waals surface area (Å²) in [5, 5.41) is 13.2. The highest BCUT2D eigenvalue weighted by Crippen LogP contribution is 2.39. The van der Waals surface area contributed by atoms with Crippen molar-refractivity contribution in [2.75, 3.05) is 73.7 Å². The lowest BCUT2D eigenvalue weighted by Crippen LogP contribution is -2.36. The molecule has 7 rings (SSSR count). The number of carboxylic acid groups (broad SMARTS) is 1. The minimum absolute atomic E-state index is 0.139. The highest BCUT2D eigenvalue weighted by Gasteiger charge is 2.26. The number of carbonyl (C=O) groups excluding carboxylic acids is 2. The van der Waals surface area contributed by atoms with Gasteiger partial charge < -0.3 is 44.1 Å². The highest BCUT2D eigenvalue weighted by molar-refractivity contribution is 5.98. The Morgan fingerprint density at radius 2 is 1.10 bits per heavy atom. The minimum atomic E-state index is -1.18. The van der Waals surface area contributed by atoms with E-state index in [-0.39, 0.29) is 23.2 Å². The second-order valence-electron chi connectivity index (χ2n) is 17.8. The Bertz CT molecular complexity index is 2910. The predicted molar refractivity (Wildman–Crippen MR) is 266 cm³/mol. The molecule has 7 heterocycles. The topological polar surface area (TPSA) is 253 Å². The number of nitrogens with zero attached hydrogens (tertiary/aromatic N) is 6. The van der Waals surface area contributed by atoms with Crippen LogP contribution in [0.5, 0.6) is 17.4 Å². The molecule has 1 aliphatic rings. The van der Waals surface area contributed by atoms with E-state index in [0.29, 0.717) is 180 Å². The number of amides is 1. The van der Waals surface area contributed by atoms with Crippen LogP contribution in [-0.2, 0) is 34.3 Å². The van der Waals surface area contributed by atoms with Crippen LogP contribution in [0.1, 0.15) is 95.2 Å². The van der Waals surface area contributed by atoms with Gasteiger partial charge in [-0.3, -0.25) is 24.3 Å². The molecule has 4 N–H and O–H groups in total. The van der Waals surface area contributed by atoms with Crippen LogP contribution in [-0.4, -0.2) is 127 Å². The molecule has 1 fully saturated rings. The summed E-state index contributed by atoms with van der Waals surface area (Å²) in [7, 11) is 4.21. The molecular weight excluding hydrogens is 945 g/mol. The number of hydrogen-bond acceptors (Lipinski definition) is 19. The number of carboxylic acids is 1. The number of hydrogen-bond donors (Lipinski definition) is 3. The van der Waals surface area contributed by atoms with Crippen molar-refractivity contribution in [1.29, 1.82) is 0 Å². The quantitative estimate of drug-likeness (QED) is 0.0265. The second kappa shape index (κ2) is 24.6. The van der Waals surface area contributed by atoms with Gasteiger partial charge in [-0.2, -0.15) is 14.7 Å². The van der Waals surface area contributed by atoms with Crippen LogP contribution in [0.15, 0.2) is 49.6 Å². The molecule has 73 heavy (non-hydrogen) atoms. The third-order valence-corrected chi connectivity index (χ3v) is 12.6. The van der Waals surface area contributed by atoms with Crippen molar-refractivity contribution in [2.24, 2.45) is 5.73 Å². The summed E-state index contributed by atoms with van der Waals surface area (Å²) in [6.45, 7) is 16.3. The number of aromatic nitrogens is 3. The van der Waals surface area contributed by atoms with Crippen molar-refractivity contribution >= 4 is 18.2 Å². The number of carbonyl (C=O) groups is 3. The third-order valence-electron chi connectivity index (χ3n) is 12.6. The van der Waals surface area contributed by atoms with Crippen LogP contribution in [0.3, 0.4) is 0 Å². The maximum atomic E-state index is 13.4. The van der Waals surface area contributed by atoms with Crippen LogP contribution >= 0.6 is 0 Å². The van der Waals surface area contributed by atoms with Gasteiger partial charge in [0.1, 0.15) is 45.9 Å². The molecular formula is C52H64N8O13. The molecule has 6 aromatic rings. The van der Waals surface area contributed by atoms with E-state index in [9.17, 15) is 19.5 Å². The molecule has 0 radical (unpaired) electrons. The van der Waals surface area contributed by atoms with Gasteiger partial charge in [-0.1, -0.05) is 0 Å². The Balaban J connectivity index is 1.22. The van der Waals surface area contributed by atoms with Gasteiger partial charge in [-0.05, 0) is 91.3 Å². The molecule has 0 aromatic carbocycles. The van der Waals surface area contributed by atoms with E-state index in [1.54, 1.807) is 32.9 Å². The number of aryl methyl sites for hydroxylation is 3. The first-order chi connectivity index (χ1) is 35.1. The number of aldehydes is 1.